The Kier molecular flexibility index (Phi) is 8.51. The molecule has 0 aromatic heterocycles. The Morgan fingerprint density at radius 2 is 1.23 bits per heavy atom. The molecular formula is C10H24O2Sn. The predicted molar refractivity (Wildman–Crippen MR) is 59.2 cm³/mol. The first-order chi connectivity index (χ1) is 6.12. The molecule has 0 unspecified atom stereocenters. The summed E-state index contributed by atoms with van der Waals surface area (Å²) in [4.78, 5) is 4.39. The topological polar surface area (TPSA) is 18.5 Å². The Morgan fingerprint density at radius 1 is 0.846 bits per heavy atom. The summed E-state index contributed by atoms with van der Waals surface area (Å²) in [5, 5.41) is 0. The van der Waals surface area contributed by atoms with E-state index in [1.165, 1.54) is 12.8 Å². The number of unbranched alkanes of at least 4 members (excludes halogenated alkanes) is 2. The van der Waals surface area contributed by atoms with Gasteiger partial charge in [0.15, 0.2) is 0 Å². The van der Waals surface area contributed by atoms with Crippen molar-refractivity contribution in [3.63, 3.8) is 0 Å². The van der Waals surface area contributed by atoms with Crippen LogP contribution in [0.3, 0.4) is 0 Å². The van der Waals surface area contributed by atoms with Gasteiger partial charge in [-0.15, -0.1) is 0 Å². The van der Waals surface area contributed by atoms with Gasteiger partial charge in [0.25, 0.3) is 0 Å². The average molecular weight is 295 g/mol. The molecule has 0 bridgehead atoms. The Hall–Kier alpha value is 0.719. The van der Waals surface area contributed by atoms with Crippen LogP contribution in [0.1, 0.15) is 39.5 Å². The molecule has 0 aromatic rings. The van der Waals surface area contributed by atoms with E-state index in [1.54, 1.807) is 0 Å². The van der Waals surface area contributed by atoms with Crippen molar-refractivity contribution in [3.05, 3.63) is 0 Å². The van der Waals surface area contributed by atoms with Crippen molar-refractivity contribution in [1.82, 2.24) is 0 Å². The van der Waals surface area contributed by atoms with E-state index in [-0.39, 0.29) is 0 Å². The normalized spacial score (nSPS) is 12.0. The minimum absolute atomic E-state index is 0.895. The Balaban J connectivity index is 3.42. The molecule has 0 spiro atoms. The molecule has 0 rings (SSSR count). The van der Waals surface area contributed by atoms with Gasteiger partial charge in [0, 0.05) is 0 Å². The first-order valence-corrected chi connectivity index (χ1v) is 13.4. The van der Waals surface area contributed by atoms with Gasteiger partial charge in [-0.1, -0.05) is 0 Å². The molecule has 0 atom stereocenters. The Morgan fingerprint density at radius 3 is 1.54 bits per heavy atom. The molecule has 0 fully saturated rings. The van der Waals surface area contributed by atoms with E-state index in [0.29, 0.717) is 0 Å². The Labute approximate surface area is 88.0 Å². The summed E-state index contributed by atoms with van der Waals surface area (Å²) in [6, 6.07) is 0. The van der Waals surface area contributed by atoms with Gasteiger partial charge in [0.2, 0.25) is 0 Å². The summed E-state index contributed by atoms with van der Waals surface area (Å²) in [6.07, 6.45) is 4.74. The molecule has 0 aliphatic rings. The molecule has 0 aromatic carbocycles. The van der Waals surface area contributed by atoms with Crippen LogP contribution in [-0.2, 0) is 6.15 Å². The molecule has 0 saturated carbocycles. The van der Waals surface area contributed by atoms with Crippen LogP contribution in [0.15, 0.2) is 0 Å². The van der Waals surface area contributed by atoms with Gasteiger partial charge >= 0.3 is 88.0 Å². The molecule has 13 heavy (non-hydrogen) atoms. The summed E-state index contributed by atoms with van der Waals surface area (Å²) in [7, 11) is 0. The third kappa shape index (κ3) is 9.03. The third-order valence-electron chi connectivity index (χ3n) is 1.90. The first kappa shape index (κ1) is 13.7. The van der Waals surface area contributed by atoms with Gasteiger partial charge in [-0.25, -0.2) is 0 Å². The molecule has 0 radical (unpaired) electrons. The zero-order valence-corrected chi connectivity index (χ0v) is 12.4. The average Bonchev–Trinajstić information content (AvgIpc) is 2.05. The first-order valence-electron chi connectivity index (χ1n) is 5.40. The van der Waals surface area contributed by atoms with Crippen molar-refractivity contribution in [2.45, 2.75) is 49.4 Å². The van der Waals surface area contributed by atoms with Crippen molar-refractivity contribution in [1.29, 1.82) is 0 Å². The van der Waals surface area contributed by atoms with Crippen LogP contribution in [0.2, 0.25) is 9.88 Å². The second-order valence-electron chi connectivity index (χ2n) is 3.80. The van der Waals surface area contributed by atoms with Crippen molar-refractivity contribution >= 4 is 19.2 Å². The monoisotopic (exact) mass is 296 g/mol. The van der Waals surface area contributed by atoms with Crippen LogP contribution in [0, 0.1) is 0 Å². The Bertz CT molecular complexity index is 103. The van der Waals surface area contributed by atoms with Crippen LogP contribution in [0.4, 0.5) is 0 Å². The third-order valence-corrected chi connectivity index (χ3v) is 7.03. The zero-order chi connectivity index (χ0) is 10.2. The summed E-state index contributed by atoms with van der Waals surface area (Å²) >= 11 is -2.48. The van der Waals surface area contributed by atoms with Gasteiger partial charge in [-0.05, 0) is 0 Å². The molecule has 2 nitrogen and oxygen atoms in total. The van der Waals surface area contributed by atoms with E-state index in [9.17, 15) is 0 Å². The van der Waals surface area contributed by atoms with Gasteiger partial charge in [-0.3, -0.25) is 0 Å². The standard InChI is InChI=1S/2C4H9O.2CH3.Sn/c2*1-2-3-4-5;;;/h2*2-4H2,1H3;2*1H3;/q2*-1;;;+2. The van der Waals surface area contributed by atoms with Crippen LogP contribution >= 0.6 is 0 Å². The number of rotatable bonds is 8. The van der Waals surface area contributed by atoms with E-state index >= 15 is 0 Å². The van der Waals surface area contributed by atoms with Crippen LogP contribution < -0.4 is 0 Å². The maximum absolute atomic E-state index is 5.80. The minimum atomic E-state index is -2.48. The van der Waals surface area contributed by atoms with E-state index in [4.69, 9.17) is 6.15 Å². The zero-order valence-electron chi connectivity index (χ0n) is 9.56. The van der Waals surface area contributed by atoms with Crippen molar-refractivity contribution in [3.8, 4) is 0 Å². The van der Waals surface area contributed by atoms with Gasteiger partial charge in [0.05, 0.1) is 0 Å². The molecule has 0 aliphatic heterocycles. The molecular weight excluding hydrogens is 271 g/mol. The van der Waals surface area contributed by atoms with Gasteiger partial charge in [0.1, 0.15) is 0 Å². The van der Waals surface area contributed by atoms with E-state index in [0.717, 1.165) is 26.1 Å². The summed E-state index contributed by atoms with van der Waals surface area (Å²) in [6.45, 7) is 6.16. The molecule has 0 aliphatic carbocycles. The van der Waals surface area contributed by atoms with Gasteiger partial charge < -0.3 is 0 Å². The predicted octanol–water partition coefficient (Wildman–Crippen LogP) is 3.32. The fourth-order valence-corrected chi connectivity index (χ4v) is 4.83. The SMILES string of the molecule is CCCC[O][Sn]([CH3])([CH3])[O]CCCC. The second kappa shape index (κ2) is 8.06. The van der Waals surface area contributed by atoms with E-state index in [1.807, 2.05) is 0 Å². The molecule has 0 N–H and O–H groups in total. The van der Waals surface area contributed by atoms with E-state index in [2.05, 4.69) is 23.7 Å². The van der Waals surface area contributed by atoms with E-state index < -0.39 is 19.2 Å². The van der Waals surface area contributed by atoms with Crippen LogP contribution in [-0.4, -0.2) is 32.4 Å². The summed E-state index contributed by atoms with van der Waals surface area (Å²) < 4.78 is 11.6. The van der Waals surface area contributed by atoms with Gasteiger partial charge in [-0.2, -0.15) is 0 Å². The summed E-state index contributed by atoms with van der Waals surface area (Å²) in [5.74, 6) is 0. The molecule has 80 valence electrons. The number of hydrogen-bond acceptors (Lipinski definition) is 2. The maximum atomic E-state index is 5.80. The second-order valence-corrected chi connectivity index (χ2v) is 13.4. The molecule has 0 heterocycles. The molecule has 3 heteroatoms. The van der Waals surface area contributed by atoms with Crippen molar-refractivity contribution in [2.75, 3.05) is 13.2 Å². The molecule has 0 saturated heterocycles. The number of hydrogen-bond donors (Lipinski definition) is 0. The fraction of sp³-hybridized carbons (Fsp3) is 1.00. The van der Waals surface area contributed by atoms with Crippen molar-refractivity contribution < 1.29 is 6.15 Å². The van der Waals surface area contributed by atoms with Crippen LogP contribution in [0.5, 0.6) is 0 Å². The quantitative estimate of drug-likeness (QED) is 0.505. The summed E-state index contributed by atoms with van der Waals surface area (Å²) in [5.41, 5.74) is 0. The molecule has 0 amide bonds. The van der Waals surface area contributed by atoms with Crippen molar-refractivity contribution in [2.24, 2.45) is 0 Å². The fourth-order valence-electron chi connectivity index (χ4n) is 0.966. The van der Waals surface area contributed by atoms with Crippen LogP contribution in [0.25, 0.3) is 0 Å².